The van der Waals surface area contributed by atoms with Gasteiger partial charge in [0.1, 0.15) is 5.75 Å². The second-order valence-corrected chi connectivity index (χ2v) is 9.82. The normalized spacial score (nSPS) is 26.4. The maximum absolute atomic E-state index is 12.5. The Kier molecular flexibility index (Phi) is 7.38. The molecule has 2 atom stereocenters. The summed E-state index contributed by atoms with van der Waals surface area (Å²) in [7, 11) is 0. The summed E-state index contributed by atoms with van der Waals surface area (Å²) < 4.78 is 5.95. The zero-order valence-corrected chi connectivity index (χ0v) is 18.5. The predicted octanol–water partition coefficient (Wildman–Crippen LogP) is 3.48. The van der Waals surface area contributed by atoms with E-state index in [4.69, 9.17) is 4.74 Å². The number of nitrogens with zero attached hydrogens (tertiary/aromatic N) is 3. The molecule has 1 aromatic carbocycles. The number of hydrogen-bond acceptors (Lipinski definition) is 5. The highest BCUT2D eigenvalue weighted by molar-refractivity contribution is 7.99. The molecule has 3 saturated heterocycles. The van der Waals surface area contributed by atoms with Gasteiger partial charge in [-0.25, -0.2) is 0 Å². The van der Waals surface area contributed by atoms with Gasteiger partial charge in [0.15, 0.2) is 0 Å². The van der Waals surface area contributed by atoms with Crippen LogP contribution in [0.5, 0.6) is 5.75 Å². The lowest BCUT2D eigenvalue weighted by Gasteiger charge is -2.32. The maximum atomic E-state index is 12.5. The van der Waals surface area contributed by atoms with Gasteiger partial charge >= 0.3 is 0 Å². The summed E-state index contributed by atoms with van der Waals surface area (Å²) >= 11 is 2.03. The van der Waals surface area contributed by atoms with E-state index in [1.54, 1.807) is 0 Å². The summed E-state index contributed by atoms with van der Waals surface area (Å²) in [5.41, 5.74) is 1.02. The van der Waals surface area contributed by atoms with E-state index in [1.807, 2.05) is 28.8 Å². The Labute approximate surface area is 179 Å². The number of carbonyl (C=O) groups is 1. The summed E-state index contributed by atoms with van der Waals surface area (Å²) in [6.45, 7) is 8.72. The monoisotopic (exact) mass is 417 g/mol. The molecule has 29 heavy (non-hydrogen) atoms. The molecular formula is C23H35N3O2S. The van der Waals surface area contributed by atoms with Crippen molar-refractivity contribution >= 4 is 23.4 Å². The number of anilines is 1. The number of ether oxygens (including phenoxy) is 1. The summed E-state index contributed by atoms with van der Waals surface area (Å²) in [6.07, 6.45) is 5.36. The number of hydrogen-bond donors (Lipinski definition) is 0. The molecule has 5 nitrogen and oxygen atoms in total. The quantitative estimate of drug-likeness (QED) is 0.605. The molecule has 1 amide bonds. The van der Waals surface area contributed by atoms with Gasteiger partial charge in [0.25, 0.3) is 0 Å². The summed E-state index contributed by atoms with van der Waals surface area (Å²) in [4.78, 5) is 19.7. The molecule has 0 N–H and O–H groups in total. The molecule has 0 radical (unpaired) electrons. The van der Waals surface area contributed by atoms with E-state index in [2.05, 4.69) is 28.9 Å². The fourth-order valence-electron chi connectivity index (χ4n) is 4.84. The van der Waals surface area contributed by atoms with Crippen LogP contribution >= 0.6 is 11.8 Å². The van der Waals surface area contributed by atoms with Crippen LogP contribution in [0.2, 0.25) is 0 Å². The third kappa shape index (κ3) is 5.47. The minimum Gasteiger partial charge on any atom is -0.494 e. The van der Waals surface area contributed by atoms with Crippen molar-refractivity contribution in [2.24, 2.45) is 0 Å². The van der Waals surface area contributed by atoms with Crippen LogP contribution in [-0.4, -0.2) is 78.6 Å². The lowest BCUT2D eigenvalue weighted by molar-refractivity contribution is -0.117. The van der Waals surface area contributed by atoms with Gasteiger partial charge in [-0.2, -0.15) is 11.8 Å². The van der Waals surface area contributed by atoms with E-state index in [0.717, 1.165) is 63.1 Å². The lowest BCUT2D eigenvalue weighted by atomic mass is 10.2. The number of carbonyl (C=O) groups excluding carboxylic acids is 1. The van der Waals surface area contributed by atoms with E-state index in [0.29, 0.717) is 12.5 Å². The van der Waals surface area contributed by atoms with Crippen LogP contribution in [0, 0.1) is 0 Å². The van der Waals surface area contributed by atoms with Gasteiger partial charge in [-0.3, -0.25) is 9.69 Å². The van der Waals surface area contributed by atoms with Gasteiger partial charge in [-0.15, -0.1) is 0 Å². The van der Waals surface area contributed by atoms with Crippen LogP contribution in [0.15, 0.2) is 24.3 Å². The standard InChI is InChI=1S/C23H35N3O2S/c1-19-4-2-11-25(19)12-3-15-28-22-8-5-20(6-9-22)26-21(7-10-23(26)27)18-24-13-16-29-17-14-24/h5-6,8-9,19,21H,2-4,7,10-18H2,1H3/t19?,21-/m0/s1. The molecule has 0 saturated carbocycles. The molecule has 0 aliphatic carbocycles. The molecule has 0 aromatic heterocycles. The van der Waals surface area contributed by atoms with Gasteiger partial charge in [-0.05, 0) is 63.4 Å². The highest BCUT2D eigenvalue weighted by atomic mass is 32.2. The average molecular weight is 418 g/mol. The Morgan fingerprint density at radius 3 is 2.62 bits per heavy atom. The van der Waals surface area contributed by atoms with Crippen LogP contribution in [0.4, 0.5) is 5.69 Å². The van der Waals surface area contributed by atoms with E-state index in [-0.39, 0.29) is 5.91 Å². The van der Waals surface area contributed by atoms with Gasteiger partial charge in [0.2, 0.25) is 5.91 Å². The van der Waals surface area contributed by atoms with E-state index >= 15 is 0 Å². The molecule has 3 fully saturated rings. The minimum atomic E-state index is 0.259. The molecule has 0 spiro atoms. The first kappa shape index (κ1) is 21.0. The Balaban J connectivity index is 1.27. The second kappa shape index (κ2) is 10.2. The van der Waals surface area contributed by atoms with Crippen molar-refractivity contribution in [3.63, 3.8) is 0 Å². The fraction of sp³-hybridized carbons (Fsp3) is 0.696. The van der Waals surface area contributed by atoms with Crippen molar-refractivity contribution < 1.29 is 9.53 Å². The molecule has 3 aliphatic rings. The largest absolute Gasteiger partial charge is 0.494 e. The van der Waals surface area contributed by atoms with Crippen LogP contribution in [0.3, 0.4) is 0 Å². The lowest BCUT2D eigenvalue weighted by Crippen LogP contribution is -2.44. The Morgan fingerprint density at radius 2 is 1.90 bits per heavy atom. The first-order valence-electron chi connectivity index (χ1n) is 11.3. The first-order valence-corrected chi connectivity index (χ1v) is 12.5. The number of thioether (sulfide) groups is 1. The topological polar surface area (TPSA) is 36.0 Å². The predicted molar refractivity (Wildman–Crippen MR) is 121 cm³/mol. The van der Waals surface area contributed by atoms with Crippen LogP contribution in [-0.2, 0) is 4.79 Å². The molecular weight excluding hydrogens is 382 g/mol. The van der Waals surface area contributed by atoms with E-state index < -0.39 is 0 Å². The highest BCUT2D eigenvalue weighted by Gasteiger charge is 2.33. The highest BCUT2D eigenvalue weighted by Crippen LogP contribution is 2.29. The average Bonchev–Trinajstić information content (AvgIpc) is 3.32. The molecule has 1 aromatic rings. The Morgan fingerprint density at radius 1 is 1.10 bits per heavy atom. The molecule has 1 unspecified atom stereocenters. The minimum absolute atomic E-state index is 0.259. The van der Waals surface area contributed by atoms with Crippen LogP contribution < -0.4 is 9.64 Å². The molecule has 4 rings (SSSR count). The molecule has 6 heteroatoms. The first-order chi connectivity index (χ1) is 14.2. The van der Waals surface area contributed by atoms with E-state index in [9.17, 15) is 4.79 Å². The van der Waals surface area contributed by atoms with Crippen LogP contribution in [0.25, 0.3) is 0 Å². The molecule has 0 bridgehead atoms. The van der Waals surface area contributed by atoms with Crippen molar-refractivity contribution in [1.82, 2.24) is 9.80 Å². The summed E-state index contributed by atoms with van der Waals surface area (Å²) in [6, 6.07) is 9.19. The number of amides is 1. The maximum Gasteiger partial charge on any atom is 0.227 e. The third-order valence-electron chi connectivity index (χ3n) is 6.56. The zero-order chi connectivity index (χ0) is 20.1. The Bertz CT molecular complexity index is 663. The van der Waals surface area contributed by atoms with Gasteiger partial charge in [0, 0.05) is 55.8 Å². The van der Waals surface area contributed by atoms with Crippen molar-refractivity contribution in [3.05, 3.63) is 24.3 Å². The van der Waals surface area contributed by atoms with Crippen molar-refractivity contribution in [2.45, 2.75) is 51.1 Å². The van der Waals surface area contributed by atoms with Crippen LogP contribution in [0.1, 0.15) is 39.0 Å². The molecule has 3 aliphatic heterocycles. The summed E-state index contributed by atoms with van der Waals surface area (Å²) in [5.74, 6) is 3.58. The fourth-order valence-corrected chi connectivity index (χ4v) is 5.82. The third-order valence-corrected chi connectivity index (χ3v) is 7.50. The molecule has 3 heterocycles. The smallest absolute Gasteiger partial charge is 0.227 e. The van der Waals surface area contributed by atoms with Gasteiger partial charge in [0.05, 0.1) is 12.6 Å². The van der Waals surface area contributed by atoms with E-state index in [1.165, 1.54) is 30.9 Å². The van der Waals surface area contributed by atoms with Gasteiger partial charge < -0.3 is 14.5 Å². The number of likely N-dealkylation sites (tertiary alicyclic amines) is 1. The van der Waals surface area contributed by atoms with Crippen molar-refractivity contribution in [3.8, 4) is 5.75 Å². The SMILES string of the molecule is CC1CCCN1CCCOc1ccc(N2C(=O)CC[C@H]2CN2CCSCC2)cc1. The van der Waals surface area contributed by atoms with Crippen molar-refractivity contribution in [2.75, 3.05) is 55.7 Å². The number of benzene rings is 1. The second-order valence-electron chi connectivity index (χ2n) is 8.59. The Hall–Kier alpha value is -1.24. The summed E-state index contributed by atoms with van der Waals surface area (Å²) in [5, 5.41) is 0. The molecule has 160 valence electrons. The number of rotatable bonds is 8. The van der Waals surface area contributed by atoms with Gasteiger partial charge in [-0.1, -0.05) is 0 Å². The zero-order valence-electron chi connectivity index (χ0n) is 17.7. The van der Waals surface area contributed by atoms with Crippen molar-refractivity contribution in [1.29, 1.82) is 0 Å².